The molecule has 0 bridgehead atoms. The monoisotopic (exact) mass is 289 g/mol. The second-order valence-corrected chi connectivity index (χ2v) is 5.97. The standard InChI is InChI=1S/C15H19N3OS/c1-10(2)15-18-13(9-20-15)8-14(19)17-11(3)12-4-6-16-7-5-12/h4-7,9-11H,8H2,1-3H3,(H,17,19). The van der Waals surface area contributed by atoms with E-state index in [4.69, 9.17) is 0 Å². The van der Waals surface area contributed by atoms with Crippen LogP contribution in [0.1, 0.15) is 49.0 Å². The summed E-state index contributed by atoms with van der Waals surface area (Å²) in [4.78, 5) is 20.5. The maximum atomic E-state index is 12.0. The number of carbonyl (C=O) groups excluding carboxylic acids is 1. The molecule has 106 valence electrons. The molecule has 0 saturated carbocycles. The number of rotatable bonds is 5. The molecule has 0 aliphatic carbocycles. The highest BCUT2D eigenvalue weighted by molar-refractivity contribution is 7.09. The van der Waals surface area contributed by atoms with E-state index in [0.717, 1.165) is 16.3 Å². The van der Waals surface area contributed by atoms with E-state index in [1.165, 1.54) is 0 Å². The number of aromatic nitrogens is 2. The third-order valence-corrected chi connectivity index (χ3v) is 4.18. The predicted octanol–water partition coefficient (Wildman–Crippen LogP) is 3.08. The number of carbonyl (C=O) groups is 1. The summed E-state index contributed by atoms with van der Waals surface area (Å²) in [5, 5.41) is 6.02. The Morgan fingerprint density at radius 3 is 2.60 bits per heavy atom. The van der Waals surface area contributed by atoms with Gasteiger partial charge in [0.15, 0.2) is 0 Å². The molecule has 1 unspecified atom stereocenters. The summed E-state index contributed by atoms with van der Waals surface area (Å²) >= 11 is 1.62. The molecule has 2 rings (SSSR count). The van der Waals surface area contributed by atoms with E-state index in [2.05, 4.69) is 29.1 Å². The van der Waals surface area contributed by atoms with Gasteiger partial charge in [0.05, 0.1) is 23.2 Å². The average Bonchev–Trinajstić information content (AvgIpc) is 2.88. The summed E-state index contributed by atoms with van der Waals surface area (Å²) in [7, 11) is 0. The third kappa shape index (κ3) is 3.87. The number of hydrogen-bond acceptors (Lipinski definition) is 4. The van der Waals surface area contributed by atoms with E-state index in [0.29, 0.717) is 12.3 Å². The molecule has 0 aliphatic heterocycles. The molecule has 2 heterocycles. The van der Waals surface area contributed by atoms with Crippen molar-refractivity contribution in [3.63, 3.8) is 0 Å². The van der Waals surface area contributed by atoms with Crippen molar-refractivity contribution < 1.29 is 4.79 Å². The number of pyridine rings is 1. The minimum absolute atomic E-state index is 0.00471. The van der Waals surface area contributed by atoms with Crippen molar-refractivity contribution in [1.82, 2.24) is 15.3 Å². The predicted molar refractivity (Wildman–Crippen MR) is 80.7 cm³/mol. The first-order chi connectivity index (χ1) is 9.56. The summed E-state index contributed by atoms with van der Waals surface area (Å²) in [6.07, 6.45) is 3.79. The summed E-state index contributed by atoms with van der Waals surface area (Å²) in [5.41, 5.74) is 1.90. The molecule has 0 aliphatic rings. The van der Waals surface area contributed by atoms with Gasteiger partial charge in [-0.25, -0.2) is 4.98 Å². The first-order valence-corrected chi connectivity index (χ1v) is 7.58. The van der Waals surface area contributed by atoms with Crippen LogP contribution in [0.15, 0.2) is 29.9 Å². The Hall–Kier alpha value is -1.75. The molecule has 0 radical (unpaired) electrons. The van der Waals surface area contributed by atoms with Crippen molar-refractivity contribution in [2.75, 3.05) is 0 Å². The third-order valence-electron chi connectivity index (χ3n) is 2.99. The molecule has 4 nitrogen and oxygen atoms in total. The van der Waals surface area contributed by atoms with Crippen LogP contribution in [0.3, 0.4) is 0 Å². The lowest BCUT2D eigenvalue weighted by atomic mass is 10.1. The Balaban J connectivity index is 1.92. The second-order valence-electron chi connectivity index (χ2n) is 5.08. The summed E-state index contributed by atoms with van der Waals surface area (Å²) in [6, 6.07) is 3.80. The van der Waals surface area contributed by atoms with Crippen LogP contribution in [0.5, 0.6) is 0 Å². The Kier molecular flexibility index (Phi) is 4.84. The lowest BCUT2D eigenvalue weighted by Gasteiger charge is -2.13. The molecule has 1 amide bonds. The van der Waals surface area contributed by atoms with Crippen LogP contribution in [-0.4, -0.2) is 15.9 Å². The van der Waals surface area contributed by atoms with Gasteiger partial charge in [-0.1, -0.05) is 13.8 Å². The first kappa shape index (κ1) is 14.7. The summed E-state index contributed by atoms with van der Waals surface area (Å²) in [5.74, 6) is 0.405. The fraction of sp³-hybridized carbons (Fsp3) is 0.400. The van der Waals surface area contributed by atoms with Gasteiger partial charge in [-0.05, 0) is 24.6 Å². The van der Waals surface area contributed by atoms with E-state index in [-0.39, 0.29) is 11.9 Å². The van der Waals surface area contributed by atoms with Crippen LogP contribution < -0.4 is 5.32 Å². The quantitative estimate of drug-likeness (QED) is 0.920. The van der Waals surface area contributed by atoms with Gasteiger partial charge in [0, 0.05) is 23.7 Å². The van der Waals surface area contributed by atoms with Crippen molar-refractivity contribution in [3.8, 4) is 0 Å². The molecule has 0 aromatic carbocycles. The van der Waals surface area contributed by atoms with Crippen LogP contribution in [0.25, 0.3) is 0 Å². The lowest BCUT2D eigenvalue weighted by Crippen LogP contribution is -2.28. The van der Waals surface area contributed by atoms with Gasteiger partial charge in [-0.2, -0.15) is 0 Å². The topological polar surface area (TPSA) is 54.9 Å². The van der Waals surface area contributed by atoms with Crippen LogP contribution in [0.2, 0.25) is 0 Å². The molecule has 2 aromatic rings. The Bertz CT molecular complexity index is 566. The zero-order chi connectivity index (χ0) is 14.5. The number of amides is 1. The molecule has 0 saturated heterocycles. The fourth-order valence-corrected chi connectivity index (χ4v) is 2.70. The molecule has 0 fully saturated rings. The van der Waals surface area contributed by atoms with Gasteiger partial charge >= 0.3 is 0 Å². The van der Waals surface area contributed by atoms with E-state index in [1.807, 2.05) is 24.4 Å². The van der Waals surface area contributed by atoms with Crippen molar-refractivity contribution in [1.29, 1.82) is 0 Å². The zero-order valence-corrected chi connectivity index (χ0v) is 12.8. The Morgan fingerprint density at radius 2 is 2.00 bits per heavy atom. The highest BCUT2D eigenvalue weighted by Crippen LogP contribution is 2.19. The van der Waals surface area contributed by atoms with Crippen LogP contribution in [0.4, 0.5) is 0 Å². The van der Waals surface area contributed by atoms with E-state index in [1.54, 1.807) is 23.7 Å². The van der Waals surface area contributed by atoms with Crippen molar-refractivity contribution in [2.24, 2.45) is 0 Å². The van der Waals surface area contributed by atoms with Crippen molar-refractivity contribution in [3.05, 3.63) is 46.2 Å². The maximum absolute atomic E-state index is 12.0. The molecule has 2 aromatic heterocycles. The highest BCUT2D eigenvalue weighted by atomic mass is 32.1. The SMILES string of the molecule is CC(C)c1nc(CC(=O)NC(C)c2ccncc2)cs1. The molecule has 20 heavy (non-hydrogen) atoms. The van der Waals surface area contributed by atoms with Crippen LogP contribution in [0, 0.1) is 0 Å². The number of nitrogens with one attached hydrogen (secondary N) is 1. The van der Waals surface area contributed by atoms with Gasteiger partial charge in [-0.3, -0.25) is 9.78 Å². The zero-order valence-electron chi connectivity index (χ0n) is 12.0. The van der Waals surface area contributed by atoms with Gasteiger partial charge in [0.25, 0.3) is 0 Å². The number of nitrogens with zero attached hydrogens (tertiary/aromatic N) is 2. The van der Waals surface area contributed by atoms with Gasteiger partial charge in [0.2, 0.25) is 5.91 Å². The number of thiazole rings is 1. The van der Waals surface area contributed by atoms with Crippen LogP contribution in [-0.2, 0) is 11.2 Å². The van der Waals surface area contributed by atoms with Gasteiger partial charge in [-0.15, -0.1) is 11.3 Å². The average molecular weight is 289 g/mol. The summed E-state index contributed by atoms with van der Waals surface area (Å²) in [6.45, 7) is 6.18. The molecular weight excluding hydrogens is 270 g/mol. The fourth-order valence-electron chi connectivity index (χ4n) is 1.86. The molecule has 5 heteroatoms. The molecular formula is C15H19N3OS. The second kappa shape index (κ2) is 6.61. The smallest absolute Gasteiger partial charge is 0.226 e. The van der Waals surface area contributed by atoms with E-state index >= 15 is 0 Å². The highest BCUT2D eigenvalue weighted by Gasteiger charge is 2.12. The maximum Gasteiger partial charge on any atom is 0.226 e. The van der Waals surface area contributed by atoms with Crippen LogP contribution >= 0.6 is 11.3 Å². The largest absolute Gasteiger partial charge is 0.349 e. The van der Waals surface area contributed by atoms with Gasteiger partial charge < -0.3 is 5.32 Å². The first-order valence-electron chi connectivity index (χ1n) is 6.70. The van der Waals surface area contributed by atoms with Crippen molar-refractivity contribution >= 4 is 17.2 Å². The van der Waals surface area contributed by atoms with Gasteiger partial charge in [0.1, 0.15) is 0 Å². The Labute approximate surface area is 123 Å². The minimum Gasteiger partial charge on any atom is -0.349 e. The number of hydrogen-bond donors (Lipinski definition) is 1. The van der Waals surface area contributed by atoms with Crippen molar-refractivity contribution in [2.45, 2.75) is 39.2 Å². The Morgan fingerprint density at radius 1 is 1.30 bits per heavy atom. The normalized spacial score (nSPS) is 12.4. The molecule has 1 atom stereocenters. The van der Waals surface area contributed by atoms with E-state index in [9.17, 15) is 4.79 Å². The molecule has 0 spiro atoms. The minimum atomic E-state index is -0.0197. The lowest BCUT2D eigenvalue weighted by molar-refractivity contribution is -0.121. The molecule has 1 N–H and O–H groups in total. The summed E-state index contributed by atoms with van der Waals surface area (Å²) < 4.78 is 0. The van der Waals surface area contributed by atoms with E-state index < -0.39 is 0 Å².